The fraction of sp³-hybridized carbons (Fsp3) is 0.333. The second-order valence-electron chi connectivity index (χ2n) is 6.87. The maximum absolute atomic E-state index is 12.5. The first-order valence-corrected chi connectivity index (χ1v) is 8.82. The molecule has 2 aromatic carbocycles. The molecule has 1 N–H and O–H groups in total. The quantitative estimate of drug-likeness (QED) is 0.857. The molecule has 0 radical (unpaired) electrons. The molecule has 1 saturated carbocycles. The average Bonchev–Trinajstić information content (AvgIpc) is 3.17. The van der Waals surface area contributed by atoms with Gasteiger partial charge in [0.15, 0.2) is 0 Å². The third kappa shape index (κ3) is 3.10. The van der Waals surface area contributed by atoms with Crippen molar-refractivity contribution in [2.45, 2.75) is 25.0 Å². The van der Waals surface area contributed by atoms with E-state index in [4.69, 9.17) is 9.47 Å². The van der Waals surface area contributed by atoms with Crippen LogP contribution in [0.15, 0.2) is 54.6 Å². The lowest BCUT2D eigenvalue weighted by molar-refractivity contribution is -0.141. The lowest BCUT2D eigenvalue weighted by atomic mass is 9.93. The van der Waals surface area contributed by atoms with Crippen LogP contribution in [0.4, 0.5) is 0 Å². The molecule has 26 heavy (non-hydrogen) atoms. The largest absolute Gasteiger partial charge is 0.462 e. The van der Waals surface area contributed by atoms with Crippen LogP contribution in [-0.2, 0) is 14.3 Å². The van der Waals surface area contributed by atoms with E-state index in [1.54, 1.807) is 12.1 Å². The normalized spacial score (nSPS) is 27.0. The molecule has 4 rings (SSSR count). The van der Waals surface area contributed by atoms with Gasteiger partial charge >= 0.3 is 11.9 Å². The predicted octanol–water partition coefficient (Wildman–Crippen LogP) is 2.82. The number of aliphatic hydroxyl groups excluding tert-OH is 1. The van der Waals surface area contributed by atoms with Crippen molar-refractivity contribution in [2.75, 3.05) is 6.61 Å². The fourth-order valence-corrected chi connectivity index (χ4v) is 3.98. The zero-order chi connectivity index (χ0) is 18.1. The van der Waals surface area contributed by atoms with E-state index in [1.807, 2.05) is 42.5 Å². The lowest BCUT2D eigenvalue weighted by Gasteiger charge is -2.20. The topological polar surface area (TPSA) is 72.8 Å². The van der Waals surface area contributed by atoms with Gasteiger partial charge in [-0.1, -0.05) is 42.5 Å². The van der Waals surface area contributed by atoms with E-state index in [2.05, 4.69) is 0 Å². The third-order valence-corrected chi connectivity index (χ3v) is 5.35. The summed E-state index contributed by atoms with van der Waals surface area (Å²) in [7, 11) is 0. The number of benzene rings is 2. The van der Waals surface area contributed by atoms with Gasteiger partial charge in [-0.2, -0.15) is 0 Å². The summed E-state index contributed by atoms with van der Waals surface area (Å²) >= 11 is 0. The van der Waals surface area contributed by atoms with Crippen LogP contribution in [0, 0.1) is 11.8 Å². The smallest absolute Gasteiger partial charge is 0.338 e. The van der Waals surface area contributed by atoms with E-state index in [9.17, 15) is 14.7 Å². The summed E-state index contributed by atoms with van der Waals surface area (Å²) in [5, 5.41) is 9.66. The molecule has 0 bridgehead atoms. The van der Waals surface area contributed by atoms with Crippen molar-refractivity contribution >= 4 is 11.9 Å². The lowest BCUT2D eigenvalue weighted by Crippen LogP contribution is -2.28. The average molecular weight is 352 g/mol. The minimum absolute atomic E-state index is 0.0641. The SMILES string of the molecule is O=C1C[C@H]2[C@H](CO)[C@H](OC(=O)c3ccc(-c4ccccc4)cc3)C[C@@H]2O1. The highest BCUT2D eigenvalue weighted by atomic mass is 16.6. The number of carbonyl (C=O) groups is 2. The summed E-state index contributed by atoms with van der Waals surface area (Å²) in [5.41, 5.74) is 2.58. The molecular formula is C21H20O5. The Morgan fingerprint density at radius 2 is 1.77 bits per heavy atom. The number of hydrogen-bond donors (Lipinski definition) is 1. The minimum atomic E-state index is -0.426. The first-order chi connectivity index (χ1) is 12.7. The van der Waals surface area contributed by atoms with Gasteiger partial charge in [-0.05, 0) is 23.3 Å². The molecule has 2 aromatic rings. The Morgan fingerprint density at radius 3 is 2.46 bits per heavy atom. The van der Waals surface area contributed by atoms with E-state index in [0.717, 1.165) is 11.1 Å². The summed E-state index contributed by atoms with van der Waals surface area (Å²) < 4.78 is 10.9. The molecule has 0 unspecified atom stereocenters. The predicted molar refractivity (Wildman–Crippen MR) is 94.3 cm³/mol. The van der Waals surface area contributed by atoms with Crippen molar-refractivity contribution in [2.24, 2.45) is 11.8 Å². The summed E-state index contributed by atoms with van der Waals surface area (Å²) in [6, 6.07) is 17.2. The van der Waals surface area contributed by atoms with Crippen LogP contribution in [0.3, 0.4) is 0 Å². The summed E-state index contributed by atoms with van der Waals surface area (Å²) in [6.45, 7) is -0.122. The second-order valence-corrected chi connectivity index (χ2v) is 6.87. The molecule has 134 valence electrons. The van der Waals surface area contributed by atoms with Gasteiger partial charge in [0.25, 0.3) is 0 Å². The zero-order valence-electron chi connectivity index (χ0n) is 14.2. The molecule has 5 heteroatoms. The van der Waals surface area contributed by atoms with Crippen LogP contribution >= 0.6 is 0 Å². The van der Waals surface area contributed by atoms with Gasteiger partial charge in [-0.25, -0.2) is 4.79 Å². The van der Waals surface area contributed by atoms with Gasteiger partial charge in [0.05, 0.1) is 12.0 Å². The van der Waals surface area contributed by atoms with E-state index in [-0.39, 0.29) is 36.9 Å². The molecule has 1 saturated heterocycles. The Balaban J connectivity index is 1.44. The molecule has 2 fully saturated rings. The monoisotopic (exact) mass is 352 g/mol. The van der Waals surface area contributed by atoms with Crippen LogP contribution in [0.1, 0.15) is 23.2 Å². The van der Waals surface area contributed by atoms with E-state index in [0.29, 0.717) is 12.0 Å². The molecule has 1 aliphatic carbocycles. The van der Waals surface area contributed by atoms with Crippen molar-refractivity contribution in [1.82, 2.24) is 0 Å². The molecule has 2 aliphatic rings. The van der Waals surface area contributed by atoms with Crippen LogP contribution in [0.25, 0.3) is 11.1 Å². The summed E-state index contributed by atoms with van der Waals surface area (Å²) in [6.07, 6.45) is 0.0628. The number of fused-ring (bicyclic) bond motifs is 1. The van der Waals surface area contributed by atoms with E-state index >= 15 is 0 Å². The van der Waals surface area contributed by atoms with Crippen molar-refractivity contribution in [3.63, 3.8) is 0 Å². The van der Waals surface area contributed by atoms with E-state index < -0.39 is 12.1 Å². The molecule has 4 atom stereocenters. The van der Waals surface area contributed by atoms with Gasteiger partial charge in [-0.15, -0.1) is 0 Å². The molecule has 0 amide bonds. The van der Waals surface area contributed by atoms with Crippen LogP contribution < -0.4 is 0 Å². The standard InChI is InChI=1S/C21H20O5/c22-12-17-16-10-20(23)25-18(16)11-19(17)26-21(24)15-8-6-14(7-9-15)13-4-2-1-3-5-13/h1-9,16-19,22H,10-12H2/t16-,17-,18-,19+/m0/s1. The maximum Gasteiger partial charge on any atom is 0.338 e. The van der Waals surface area contributed by atoms with Crippen molar-refractivity contribution < 1.29 is 24.2 Å². The molecule has 5 nitrogen and oxygen atoms in total. The van der Waals surface area contributed by atoms with Crippen molar-refractivity contribution in [3.05, 3.63) is 60.2 Å². The highest BCUT2D eigenvalue weighted by Gasteiger charge is 2.51. The summed E-state index contributed by atoms with van der Waals surface area (Å²) in [5.74, 6) is -0.969. The highest BCUT2D eigenvalue weighted by molar-refractivity contribution is 5.90. The number of hydrogen-bond acceptors (Lipinski definition) is 5. The number of ether oxygens (including phenoxy) is 2. The van der Waals surface area contributed by atoms with Crippen molar-refractivity contribution in [1.29, 1.82) is 0 Å². The highest BCUT2D eigenvalue weighted by Crippen LogP contribution is 2.42. The van der Waals surface area contributed by atoms with Gasteiger partial charge in [0, 0.05) is 24.9 Å². The van der Waals surface area contributed by atoms with E-state index in [1.165, 1.54) is 0 Å². The maximum atomic E-state index is 12.5. The van der Waals surface area contributed by atoms with Crippen LogP contribution in [-0.4, -0.2) is 35.9 Å². The minimum Gasteiger partial charge on any atom is -0.462 e. The van der Waals surface area contributed by atoms with Gasteiger partial charge in [0.2, 0.25) is 0 Å². The molecule has 1 aliphatic heterocycles. The molecule has 0 spiro atoms. The number of esters is 2. The Labute approximate surface area is 151 Å². The van der Waals surface area contributed by atoms with Crippen LogP contribution in [0.2, 0.25) is 0 Å². The van der Waals surface area contributed by atoms with Crippen LogP contribution in [0.5, 0.6) is 0 Å². The zero-order valence-corrected chi connectivity index (χ0v) is 14.2. The Bertz CT molecular complexity index is 799. The van der Waals surface area contributed by atoms with Gasteiger partial charge in [-0.3, -0.25) is 4.79 Å². The first kappa shape index (κ1) is 16.8. The van der Waals surface area contributed by atoms with Crippen molar-refractivity contribution in [3.8, 4) is 11.1 Å². The Kier molecular flexibility index (Phi) is 4.47. The second kappa shape index (κ2) is 6.92. The van der Waals surface area contributed by atoms with Gasteiger partial charge < -0.3 is 14.6 Å². The number of rotatable bonds is 4. The first-order valence-electron chi connectivity index (χ1n) is 8.82. The summed E-state index contributed by atoms with van der Waals surface area (Å²) in [4.78, 5) is 23.9. The number of carbonyl (C=O) groups excluding carboxylic acids is 2. The Hall–Kier alpha value is -2.66. The fourth-order valence-electron chi connectivity index (χ4n) is 3.98. The number of aliphatic hydroxyl groups is 1. The molecule has 0 aromatic heterocycles. The third-order valence-electron chi connectivity index (χ3n) is 5.35. The molecular weight excluding hydrogens is 332 g/mol. The van der Waals surface area contributed by atoms with Gasteiger partial charge in [0.1, 0.15) is 12.2 Å². The molecule has 1 heterocycles. The Morgan fingerprint density at radius 1 is 1.08 bits per heavy atom.